The highest BCUT2D eigenvalue weighted by Crippen LogP contribution is 2.36. The third-order valence-electron chi connectivity index (χ3n) is 2.92. The molecule has 0 spiro atoms. The van der Waals surface area contributed by atoms with Crippen molar-refractivity contribution in [2.24, 2.45) is 0 Å². The number of hydrogen-bond donors (Lipinski definition) is 2. The van der Waals surface area contributed by atoms with Crippen molar-refractivity contribution in [2.75, 3.05) is 6.54 Å². The number of rotatable bonds is 6. The van der Waals surface area contributed by atoms with Crippen LogP contribution in [0, 0.1) is 12.3 Å². The maximum absolute atomic E-state index is 12.7. The van der Waals surface area contributed by atoms with Gasteiger partial charge in [0.15, 0.2) is 0 Å². The van der Waals surface area contributed by atoms with Crippen molar-refractivity contribution in [1.82, 2.24) is 10.9 Å². The summed E-state index contributed by atoms with van der Waals surface area (Å²) in [4.78, 5) is 11.8. The summed E-state index contributed by atoms with van der Waals surface area (Å²) in [5.41, 5.74) is 0.654. The van der Waals surface area contributed by atoms with E-state index < -0.39 is 35.0 Å². The number of carbonyl (C=O) groups is 1. The Labute approximate surface area is 134 Å². The molecule has 24 heavy (non-hydrogen) atoms. The van der Waals surface area contributed by atoms with Crippen LogP contribution in [-0.4, -0.2) is 12.5 Å². The summed E-state index contributed by atoms with van der Waals surface area (Å²) in [6, 6.07) is 0.694. The standard InChI is InChI=1S/C15H14F6N2O/c1-2-3-4-5-6-22-23-13(24)10-7-11(14(16,17)18)9-12(8-10)15(19,20)21/h1,7-9,22H,3-6H2,(H,23,24). The maximum atomic E-state index is 12.7. The Morgan fingerprint density at radius 3 is 2.00 bits per heavy atom. The van der Waals surface area contributed by atoms with Crippen LogP contribution in [0.2, 0.25) is 0 Å². The van der Waals surface area contributed by atoms with Crippen LogP contribution in [0.25, 0.3) is 0 Å². The molecule has 1 rings (SSSR count). The molecule has 0 fully saturated rings. The van der Waals surface area contributed by atoms with Crippen molar-refractivity contribution in [3.05, 3.63) is 34.9 Å². The van der Waals surface area contributed by atoms with E-state index in [2.05, 4.69) is 16.8 Å². The molecule has 1 aromatic carbocycles. The third kappa shape index (κ3) is 6.12. The number of benzene rings is 1. The number of carbonyl (C=O) groups excluding carboxylic acids is 1. The number of amides is 1. The van der Waals surface area contributed by atoms with Gasteiger partial charge in [0.25, 0.3) is 5.91 Å². The molecule has 0 aliphatic heterocycles. The average Bonchev–Trinajstić information content (AvgIpc) is 2.48. The van der Waals surface area contributed by atoms with Crippen LogP contribution in [0.4, 0.5) is 26.3 Å². The molecular weight excluding hydrogens is 338 g/mol. The van der Waals surface area contributed by atoms with Crippen molar-refractivity contribution in [1.29, 1.82) is 0 Å². The first-order valence-corrected chi connectivity index (χ1v) is 6.82. The molecule has 0 saturated carbocycles. The molecule has 0 aromatic heterocycles. The first-order chi connectivity index (χ1) is 11.1. The largest absolute Gasteiger partial charge is 0.416 e. The van der Waals surface area contributed by atoms with Crippen LogP contribution >= 0.6 is 0 Å². The Morgan fingerprint density at radius 2 is 1.54 bits per heavy atom. The topological polar surface area (TPSA) is 41.1 Å². The molecule has 0 unspecified atom stereocenters. The quantitative estimate of drug-likeness (QED) is 0.354. The van der Waals surface area contributed by atoms with Gasteiger partial charge in [-0.1, -0.05) is 0 Å². The lowest BCUT2D eigenvalue weighted by molar-refractivity contribution is -0.143. The van der Waals surface area contributed by atoms with Gasteiger partial charge in [0, 0.05) is 18.5 Å². The van der Waals surface area contributed by atoms with Crippen molar-refractivity contribution in [3.8, 4) is 12.3 Å². The summed E-state index contributed by atoms with van der Waals surface area (Å²) < 4.78 is 76.2. The zero-order valence-corrected chi connectivity index (χ0v) is 12.3. The van der Waals surface area contributed by atoms with E-state index in [1.54, 1.807) is 0 Å². The van der Waals surface area contributed by atoms with Gasteiger partial charge in [-0.25, -0.2) is 5.43 Å². The van der Waals surface area contributed by atoms with Gasteiger partial charge in [-0.2, -0.15) is 26.3 Å². The van der Waals surface area contributed by atoms with Gasteiger partial charge in [-0.15, -0.1) is 12.3 Å². The fourth-order valence-corrected chi connectivity index (χ4v) is 1.74. The smallest absolute Gasteiger partial charge is 0.287 e. The lowest BCUT2D eigenvalue weighted by atomic mass is 10.0. The van der Waals surface area contributed by atoms with E-state index in [1.165, 1.54) is 0 Å². The minimum Gasteiger partial charge on any atom is -0.287 e. The van der Waals surface area contributed by atoms with E-state index in [4.69, 9.17) is 6.42 Å². The highest BCUT2D eigenvalue weighted by molar-refractivity contribution is 5.94. The molecule has 0 saturated heterocycles. The first-order valence-electron chi connectivity index (χ1n) is 6.82. The molecule has 2 N–H and O–H groups in total. The summed E-state index contributed by atoms with van der Waals surface area (Å²) in [6.45, 7) is 0.276. The molecule has 0 heterocycles. The van der Waals surface area contributed by atoms with Gasteiger partial charge in [-0.3, -0.25) is 10.2 Å². The minimum absolute atomic E-state index is 0.0377. The molecule has 0 aliphatic rings. The number of halogens is 6. The zero-order valence-electron chi connectivity index (χ0n) is 12.3. The summed E-state index contributed by atoms with van der Waals surface area (Å²) in [5, 5.41) is 0. The van der Waals surface area contributed by atoms with Crippen LogP contribution in [0.1, 0.15) is 40.7 Å². The predicted molar refractivity (Wildman–Crippen MR) is 74.6 cm³/mol. The lowest BCUT2D eigenvalue weighted by Crippen LogP contribution is -2.38. The van der Waals surface area contributed by atoms with Crippen molar-refractivity contribution in [3.63, 3.8) is 0 Å². The summed E-state index contributed by atoms with van der Waals surface area (Å²) in [5.74, 6) is 1.31. The monoisotopic (exact) mass is 352 g/mol. The number of terminal acetylenes is 1. The van der Waals surface area contributed by atoms with E-state index >= 15 is 0 Å². The highest BCUT2D eigenvalue weighted by atomic mass is 19.4. The van der Waals surface area contributed by atoms with E-state index in [0.717, 1.165) is 0 Å². The predicted octanol–water partition coefficient (Wildman–Crippen LogP) is 3.76. The van der Waals surface area contributed by atoms with Gasteiger partial charge < -0.3 is 0 Å². The molecular formula is C15H14F6N2O. The third-order valence-corrected chi connectivity index (χ3v) is 2.92. The van der Waals surface area contributed by atoms with E-state index in [1.807, 2.05) is 0 Å². The Balaban J connectivity index is 2.86. The van der Waals surface area contributed by atoms with Crippen molar-refractivity contribution < 1.29 is 31.1 Å². The van der Waals surface area contributed by atoms with Crippen LogP contribution < -0.4 is 10.9 Å². The summed E-state index contributed by atoms with van der Waals surface area (Å²) in [6.07, 6.45) is -3.18. The second-order valence-corrected chi connectivity index (χ2v) is 4.84. The van der Waals surface area contributed by atoms with Gasteiger partial charge in [0.2, 0.25) is 0 Å². The number of hydrazine groups is 1. The van der Waals surface area contributed by atoms with Gasteiger partial charge in [-0.05, 0) is 31.0 Å². The number of alkyl halides is 6. The van der Waals surface area contributed by atoms with Crippen LogP contribution in [-0.2, 0) is 12.4 Å². The summed E-state index contributed by atoms with van der Waals surface area (Å²) in [7, 11) is 0. The molecule has 3 nitrogen and oxygen atoms in total. The summed E-state index contributed by atoms with van der Waals surface area (Å²) >= 11 is 0. The molecule has 0 atom stereocenters. The van der Waals surface area contributed by atoms with Crippen LogP contribution in [0.5, 0.6) is 0 Å². The lowest BCUT2D eigenvalue weighted by Gasteiger charge is -2.14. The first kappa shape index (κ1) is 19.8. The Hall–Kier alpha value is -2.21. The van der Waals surface area contributed by atoms with Gasteiger partial charge in [0.1, 0.15) is 0 Å². The van der Waals surface area contributed by atoms with Gasteiger partial charge in [0.05, 0.1) is 11.1 Å². The fourth-order valence-electron chi connectivity index (χ4n) is 1.74. The molecule has 0 bridgehead atoms. The Kier molecular flexibility index (Phi) is 6.66. The van der Waals surface area contributed by atoms with Crippen molar-refractivity contribution >= 4 is 5.91 Å². The Morgan fingerprint density at radius 1 is 1.00 bits per heavy atom. The molecule has 132 valence electrons. The van der Waals surface area contributed by atoms with E-state index in [9.17, 15) is 31.1 Å². The maximum Gasteiger partial charge on any atom is 0.416 e. The van der Waals surface area contributed by atoms with Crippen molar-refractivity contribution in [2.45, 2.75) is 31.6 Å². The fraction of sp³-hybridized carbons (Fsp3) is 0.400. The number of nitrogens with one attached hydrogen (secondary N) is 2. The second-order valence-electron chi connectivity index (χ2n) is 4.84. The zero-order chi connectivity index (χ0) is 18.4. The normalized spacial score (nSPS) is 11.9. The average molecular weight is 352 g/mol. The molecule has 1 amide bonds. The van der Waals surface area contributed by atoms with E-state index in [0.29, 0.717) is 31.4 Å². The highest BCUT2D eigenvalue weighted by Gasteiger charge is 2.37. The van der Waals surface area contributed by atoms with Crippen LogP contribution in [0.3, 0.4) is 0 Å². The van der Waals surface area contributed by atoms with Gasteiger partial charge >= 0.3 is 12.4 Å². The molecule has 9 heteroatoms. The van der Waals surface area contributed by atoms with E-state index in [-0.39, 0.29) is 12.6 Å². The number of unbranched alkanes of at least 4 members (excludes halogenated alkanes) is 2. The number of hydrogen-bond acceptors (Lipinski definition) is 2. The molecule has 0 aliphatic carbocycles. The minimum atomic E-state index is -5.00. The second kappa shape index (κ2) is 8.06. The molecule has 0 radical (unpaired) electrons. The molecule has 1 aromatic rings. The SMILES string of the molecule is C#CCCCCNNC(=O)c1cc(C(F)(F)F)cc(C(F)(F)F)c1. The Bertz CT molecular complexity index is 584. The van der Waals surface area contributed by atoms with Crippen LogP contribution in [0.15, 0.2) is 18.2 Å².